The van der Waals surface area contributed by atoms with Crippen LogP contribution in [0.1, 0.15) is 95.5 Å². The number of benzene rings is 4. The zero-order valence-electron chi connectivity index (χ0n) is 40.3. The number of hydrazone groups is 1. The van der Waals surface area contributed by atoms with Gasteiger partial charge in [0, 0.05) is 19.0 Å². The van der Waals surface area contributed by atoms with Gasteiger partial charge in [-0.1, -0.05) is 136 Å². The van der Waals surface area contributed by atoms with Crippen molar-refractivity contribution in [3.63, 3.8) is 0 Å². The summed E-state index contributed by atoms with van der Waals surface area (Å²) in [5, 5.41) is 17.7. The number of carbonyl (C=O) groups is 7. The Balaban J connectivity index is 1.34. The summed E-state index contributed by atoms with van der Waals surface area (Å²) < 4.78 is 11.1. The quantitative estimate of drug-likeness (QED) is 0.0405. The summed E-state index contributed by atoms with van der Waals surface area (Å²) in [4.78, 5) is 95.1. The summed E-state index contributed by atoms with van der Waals surface area (Å²) in [7, 11) is 0. The van der Waals surface area contributed by atoms with Crippen molar-refractivity contribution in [2.24, 2.45) is 11.0 Å². The first-order valence-electron chi connectivity index (χ1n) is 23.1. The second kappa shape index (κ2) is 25.0. The molecule has 366 valence electrons. The molecule has 1 aliphatic rings. The summed E-state index contributed by atoms with van der Waals surface area (Å²) in [5.41, 5.74) is 7.00. The average molecular weight is 945 g/mol. The fraction of sp³-hybridized carbons (Fsp3) is 0.385. The number of hydrogen-bond donors (Lipinski definition) is 6. The maximum absolute atomic E-state index is 14.5. The Kier molecular flexibility index (Phi) is 19.0. The van der Waals surface area contributed by atoms with E-state index in [1.807, 2.05) is 116 Å². The Labute approximate surface area is 403 Å². The van der Waals surface area contributed by atoms with Gasteiger partial charge >= 0.3 is 18.2 Å². The molecule has 0 aromatic heterocycles. The van der Waals surface area contributed by atoms with Crippen molar-refractivity contribution in [2.75, 3.05) is 32.8 Å². The van der Waals surface area contributed by atoms with E-state index in [4.69, 9.17) is 9.47 Å². The molecule has 17 heteroatoms. The van der Waals surface area contributed by atoms with E-state index in [0.29, 0.717) is 6.42 Å². The molecule has 69 heavy (non-hydrogen) atoms. The number of hydrogen-bond acceptors (Lipinski definition) is 10. The van der Waals surface area contributed by atoms with Gasteiger partial charge in [-0.15, -0.1) is 0 Å². The van der Waals surface area contributed by atoms with Crippen LogP contribution in [0.2, 0.25) is 0 Å². The summed E-state index contributed by atoms with van der Waals surface area (Å²) in [5.74, 6) is -3.27. The first-order valence-corrected chi connectivity index (χ1v) is 23.1. The van der Waals surface area contributed by atoms with Crippen LogP contribution in [0.4, 0.5) is 14.4 Å². The Morgan fingerprint density at radius 1 is 0.725 bits per heavy atom. The van der Waals surface area contributed by atoms with Gasteiger partial charge in [-0.05, 0) is 73.4 Å². The van der Waals surface area contributed by atoms with Crippen LogP contribution in [0, 0.1) is 5.92 Å². The predicted octanol–water partition coefficient (Wildman–Crippen LogP) is 6.34. The zero-order chi connectivity index (χ0) is 50.1. The van der Waals surface area contributed by atoms with Gasteiger partial charge in [0.05, 0.1) is 25.2 Å². The summed E-state index contributed by atoms with van der Waals surface area (Å²) >= 11 is 0. The minimum atomic E-state index is -1.17. The molecule has 2 unspecified atom stereocenters. The molecule has 0 radical (unpaired) electrons. The number of alkyl carbamates (subject to hydrolysis) is 2. The van der Waals surface area contributed by atoms with Crippen LogP contribution in [0.25, 0.3) is 11.1 Å². The van der Waals surface area contributed by atoms with Gasteiger partial charge < -0.3 is 41.0 Å². The van der Waals surface area contributed by atoms with Crippen LogP contribution in [0.5, 0.6) is 0 Å². The molecule has 0 spiro atoms. The summed E-state index contributed by atoms with van der Waals surface area (Å²) in [6, 6.07) is 30.7. The number of Topliss-reactive ketones (excluding diaryl/α,β-unsaturated/α-hetero) is 1. The molecule has 5 rings (SSSR count). The molecule has 17 nitrogen and oxygen atoms in total. The molecule has 0 saturated heterocycles. The number of fused-ring (bicyclic) bond motifs is 3. The van der Waals surface area contributed by atoms with E-state index in [2.05, 4.69) is 37.1 Å². The second-order valence-electron chi connectivity index (χ2n) is 18.0. The standard InChI is InChI=1S/C52H64N8O9/c1-8-19-42(46(47(63)54-30-34(4)61)58-59-49(65)56-45(35-20-11-9-12-21-35)36-22-13-10-14-23-36)55-43(62)31-60(29-28-53-50(66)69-52(5,6)7)48(64)44(33(2)3)57-51(67)68-32-41-39-26-17-15-24-37(39)38-25-16-18-27-40(38)41/h9-18,20-27,33,41-42,44-45H,8,19,28-32H2,1-7H3,(H,53,66)(H,54,63)(H,55,62)(H,57,67)(H2,56,59,65)/b58-46-. The molecule has 0 bridgehead atoms. The Hall–Kier alpha value is -7.56. The number of ether oxygens (including phenoxy) is 2. The number of nitrogens with zero attached hydrogens (tertiary/aromatic N) is 2. The highest BCUT2D eigenvalue weighted by molar-refractivity contribution is 6.41. The molecule has 2 atom stereocenters. The molecule has 0 saturated carbocycles. The van der Waals surface area contributed by atoms with Crippen LogP contribution in [0.3, 0.4) is 0 Å². The molecule has 6 N–H and O–H groups in total. The molecular weight excluding hydrogens is 881 g/mol. The molecule has 1 aliphatic carbocycles. The summed E-state index contributed by atoms with van der Waals surface area (Å²) in [6.45, 7) is 10.4. The Morgan fingerprint density at radius 3 is 1.83 bits per heavy atom. The van der Waals surface area contributed by atoms with E-state index in [1.165, 1.54) is 11.8 Å². The van der Waals surface area contributed by atoms with Gasteiger partial charge in [0.2, 0.25) is 11.8 Å². The number of amides is 7. The van der Waals surface area contributed by atoms with E-state index < -0.39 is 72.1 Å². The SMILES string of the molecule is CCCC(NC(=O)CN(CCNC(=O)OC(C)(C)C)C(=O)C(NC(=O)OCC1c2ccccc2-c2ccccc21)C(C)C)/C(=N/NC(=O)NC(c1ccccc1)c1ccccc1)C(=O)NCC(C)=O. The topological polar surface area (TPSA) is 226 Å². The van der Waals surface area contributed by atoms with Crippen LogP contribution in [0.15, 0.2) is 114 Å². The lowest BCUT2D eigenvalue weighted by atomic mass is 9.98. The lowest BCUT2D eigenvalue weighted by molar-refractivity contribution is -0.138. The number of nitrogens with one attached hydrogen (secondary N) is 6. The number of ketones is 1. The maximum atomic E-state index is 14.5. The van der Waals surface area contributed by atoms with E-state index in [-0.39, 0.29) is 50.1 Å². The first kappa shape index (κ1) is 52.4. The third-order valence-corrected chi connectivity index (χ3v) is 11.0. The van der Waals surface area contributed by atoms with Gasteiger partial charge in [0.15, 0.2) is 0 Å². The van der Waals surface area contributed by atoms with Gasteiger partial charge in [-0.25, -0.2) is 19.8 Å². The lowest BCUT2D eigenvalue weighted by Crippen LogP contribution is -2.56. The monoisotopic (exact) mass is 944 g/mol. The van der Waals surface area contributed by atoms with Crippen molar-refractivity contribution in [3.05, 3.63) is 131 Å². The Morgan fingerprint density at radius 2 is 1.29 bits per heavy atom. The van der Waals surface area contributed by atoms with Crippen LogP contribution in [-0.4, -0.2) is 103 Å². The summed E-state index contributed by atoms with van der Waals surface area (Å²) in [6.07, 6.45) is -0.991. The maximum Gasteiger partial charge on any atom is 0.407 e. The van der Waals surface area contributed by atoms with Crippen molar-refractivity contribution in [1.82, 2.24) is 36.9 Å². The molecule has 4 aromatic carbocycles. The van der Waals surface area contributed by atoms with Crippen LogP contribution >= 0.6 is 0 Å². The molecule has 7 amide bonds. The second-order valence-corrected chi connectivity index (χ2v) is 18.0. The van der Waals surface area contributed by atoms with Gasteiger partial charge in [0.25, 0.3) is 5.91 Å². The van der Waals surface area contributed by atoms with Crippen molar-refractivity contribution in [2.45, 2.75) is 91.0 Å². The van der Waals surface area contributed by atoms with E-state index in [9.17, 15) is 33.6 Å². The van der Waals surface area contributed by atoms with Crippen LogP contribution in [-0.2, 0) is 28.7 Å². The van der Waals surface area contributed by atoms with Crippen molar-refractivity contribution in [1.29, 1.82) is 0 Å². The fourth-order valence-corrected chi connectivity index (χ4v) is 7.84. The molecule has 4 aromatic rings. The van der Waals surface area contributed by atoms with E-state index >= 15 is 0 Å². The van der Waals surface area contributed by atoms with Crippen LogP contribution < -0.4 is 32.0 Å². The van der Waals surface area contributed by atoms with Crippen molar-refractivity contribution in [3.8, 4) is 11.1 Å². The fourth-order valence-electron chi connectivity index (χ4n) is 7.84. The average Bonchev–Trinajstić information content (AvgIpc) is 3.63. The smallest absolute Gasteiger partial charge is 0.407 e. The number of rotatable bonds is 21. The first-order chi connectivity index (χ1) is 32.9. The third-order valence-electron chi connectivity index (χ3n) is 11.0. The highest BCUT2D eigenvalue weighted by Crippen LogP contribution is 2.44. The molecule has 0 fully saturated rings. The largest absolute Gasteiger partial charge is 0.449 e. The van der Waals surface area contributed by atoms with Gasteiger partial charge in [-0.3, -0.25) is 19.2 Å². The molecule has 0 aliphatic heterocycles. The van der Waals surface area contributed by atoms with Crippen molar-refractivity contribution >= 4 is 47.4 Å². The van der Waals surface area contributed by atoms with E-state index in [1.54, 1.807) is 34.6 Å². The lowest BCUT2D eigenvalue weighted by Gasteiger charge is -2.30. The minimum absolute atomic E-state index is 0.00461. The zero-order valence-corrected chi connectivity index (χ0v) is 40.3. The van der Waals surface area contributed by atoms with Crippen molar-refractivity contribution < 1.29 is 43.0 Å². The minimum Gasteiger partial charge on any atom is -0.449 e. The van der Waals surface area contributed by atoms with Gasteiger partial charge in [-0.2, -0.15) is 5.10 Å². The molecule has 0 heterocycles. The highest BCUT2D eigenvalue weighted by Gasteiger charge is 2.34. The third kappa shape index (κ3) is 15.5. The van der Waals surface area contributed by atoms with Gasteiger partial charge in [0.1, 0.15) is 29.7 Å². The highest BCUT2D eigenvalue weighted by atomic mass is 16.6. The Bertz CT molecular complexity index is 2370. The molecular formula is C52H64N8O9. The number of urea groups is 1. The van der Waals surface area contributed by atoms with E-state index in [0.717, 1.165) is 33.4 Å². The predicted molar refractivity (Wildman–Crippen MR) is 262 cm³/mol. The number of carbonyl (C=O) groups excluding carboxylic acids is 7. The normalized spacial score (nSPS) is 13.0.